The molecule has 3 N–H and O–H groups in total. The van der Waals surface area contributed by atoms with Gasteiger partial charge < -0.3 is 20.2 Å². The summed E-state index contributed by atoms with van der Waals surface area (Å²) in [5, 5.41) is 16.5. The van der Waals surface area contributed by atoms with Crippen LogP contribution in [0.5, 0.6) is 0 Å². The predicted octanol–water partition coefficient (Wildman–Crippen LogP) is 4.19. The Morgan fingerprint density at radius 3 is 2.56 bits per heavy atom. The topological polar surface area (TPSA) is 100 Å². The van der Waals surface area contributed by atoms with E-state index < -0.39 is 29.1 Å². The molecule has 0 radical (unpaired) electrons. The lowest BCUT2D eigenvalue weighted by atomic mass is 9.95. The van der Waals surface area contributed by atoms with E-state index in [1.54, 1.807) is 19.9 Å². The number of fused-ring (bicyclic) bond motifs is 1. The zero-order valence-corrected chi connectivity index (χ0v) is 17.6. The molecule has 1 saturated heterocycles. The van der Waals surface area contributed by atoms with Gasteiger partial charge in [-0.1, -0.05) is 6.07 Å². The van der Waals surface area contributed by atoms with Gasteiger partial charge in [-0.15, -0.1) is 0 Å². The summed E-state index contributed by atoms with van der Waals surface area (Å²) >= 11 is 0. The molecule has 1 aliphatic rings. The van der Waals surface area contributed by atoms with Gasteiger partial charge in [0.15, 0.2) is 11.5 Å². The molecule has 1 amide bonds. The minimum atomic E-state index is -4.67. The highest BCUT2D eigenvalue weighted by Crippen LogP contribution is 2.35. The summed E-state index contributed by atoms with van der Waals surface area (Å²) in [5.74, 6) is -0.0770. The van der Waals surface area contributed by atoms with Crippen LogP contribution in [-0.4, -0.2) is 34.1 Å². The zero-order valence-electron chi connectivity index (χ0n) is 17.6. The van der Waals surface area contributed by atoms with Crippen molar-refractivity contribution >= 4 is 22.7 Å². The van der Waals surface area contributed by atoms with Gasteiger partial charge in [-0.3, -0.25) is 4.79 Å². The first-order valence-corrected chi connectivity index (χ1v) is 10.3. The number of halogens is 3. The third-order valence-corrected chi connectivity index (χ3v) is 5.41. The maximum atomic E-state index is 13.0. The average Bonchev–Trinajstić information content (AvgIpc) is 3.16. The Balaban J connectivity index is 1.69. The van der Waals surface area contributed by atoms with Gasteiger partial charge in [-0.2, -0.15) is 13.2 Å². The van der Waals surface area contributed by atoms with E-state index >= 15 is 0 Å². The third kappa shape index (κ3) is 4.61. The Morgan fingerprint density at radius 1 is 1.19 bits per heavy atom. The summed E-state index contributed by atoms with van der Waals surface area (Å²) in [6.07, 6.45) is -2.90. The third-order valence-electron chi connectivity index (χ3n) is 5.41. The molecule has 0 spiro atoms. The fourth-order valence-electron chi connectivity index (χ4n) is 3.75. The van der Waals surface area contributed by atoms with E-state index in [9.17, 15) is 23.1 Å². The smallest absolute Gasteiger partial charge is 0.433 e. The highest BCUT2D eigenvalue weighted by atomic mass is 19.4. The van der Waals surface area contributed by atoms with Gasteiger partial charge in [0, 0.05) is 17.5 Å². The highest BCUT2D eigenvalue weighted by molar-refractivity contribution is 6.04. The highest BCUT2D eigenvalue weighted by Gasteiger charge is 2.33. The van der Waals surface area contributed by atoms with Crippen LogP contribution in [0.1, 0.15) is 60.2 Å². The molecule has 10 heteroatoms. The van der Waals surface area contributed by atoms with Crippen molar-refractivity contribution in [3.8, 4) is 0 Å². The first-order valence-electron chi connectivity index (χ1n) is 10.3. The fraction of sp³-hybridized carbons (Fsp3) is 0.409. The van der Waals surface area contributed by atoms with E-state index in [4.69, 9.17) is 4.42 Å². The average molecular weight is 448 g/mol. The minimum absolute atomic E-state index is 0.168. The summed E-state index contributed by atoms with van der Waals surface area (Å²) in [4.78, 5) is 20.7. The van der Waals surface area contributed by atoms with Gasteiger partial charge in [0.2, 0.25) is 0 Å². The summed E-state index contributed by atoms with van der Waals surface area (Å²) in [7, 11) is 0. The SMILES string of the molecule is CC(C)(O)c1cc2nc(C3CCNCC3)oc2cc1NC(=O)c1cccc(C(F)(F)F)n1. The monoisotopic (exact) mass is 448 g/mol. The zero-order chi connectivity index (χ0) is 23.1. The van der Waals surface area contributed by atoms with Crippen LogP contribution in [0.4, 0.5) is 18.9 Å². The number of hydrogen-bond acceptors (Lipinski definition) is 6. The maximum absolute atomic E-state index is 13.0. The lowest BCUT2D eigenvalue weighted by Crippen LogP contribution is -2.26. The number of nitrogens with one attached hydrogen (secondary N) is 2. The Morgan fingerprint density at radius 2 is 1.91 bits per heavy atom. The lowest BCUT2D eigenvalue weighted by molar-refractivity contribution is -0.141. The molecule has 0 unspecified atom stereocenters. The van der Waals surface area contributed by atoms with E-state index in [1.807, 2.05) is 0 Å². The molecule has 32 heavy (non-hydrogen) atoms. The van der Waals surface area contributed by atoms with Gasteiger partial charge in [0.25, 0.3) is 5.91 Å². The number of benzene rings is 1. The Kier molecular flexibility index (Phi) is 5.68. The number of rotatable bonds is 4. The number of alkyl halides is 3. The largest absolute Gasteiger partial charge is 0.440 e. The molecule has 0 aliphatic carbocycles. The molecule has 0 saturated carbocycles. The fourth-order valence-corrected chi connectivity index (χ4v) is 3.75. The van der Waals surface area contributed by atoms with Crippen molar-refractivity contribution in [3.63, 3.8) is 0 Å². The Bertz CT molecular complexity index is 1150. The van der Waals surface area contributed by atoms with Gasteiger partial charge >= 0.3 is 6.18 Å². The van der Waals surface area contributed by atoms with Crippen molar-refractivity contribution in [3.05, 3.63) is 53.2 Å². The van der Waals surface area contributed by atoms with Crippen molar-refractivity contribution in [2.45, 2.75) is 44.4 Å². The summed E-state index contributed by atoms with van der Waals surface area (Å²) < 4.78 is 44.8. The second-order valence-electron chi connectivity index (χ2n) is 8.36. The Labute approximate surface area is 182 Å². The van der Waals surface area contributed by atoms with Crippen LogP contribution in [0.15, 0.2) is 34.7 Å². The van der Waals surface area contributed by atoms with E-state index in [1.165, 1.54) is 12.1 Å². The van der Waals surface area contributed by atoms with Crippen LogP contribution in [0.3, 0.4) is 0 Å². The van der Waals surface area contributed by atoms with Crippen LogP contribution in [0.25, 0.3) is 11.1 Å². The molecule has 7 nitrogen and oxygen atoms in total. The van der Waals surface area contributed by atoms with Gasteiger partial charge in [0.1, 0.15) is 16.9 Å². The first kappa shape index (κ1) is 22.2. The number of aromatic nitrogens is 2. The second kappa shape index (κ2) is 8.18. The van der Waals surface area contributed by atoms with Crippen molar-refractivity contribution in [1.29, 1.82) is 0 Å². The van der Waals surface area contributed by atoms with Crippen LogP contribution in [-0.2, 0) is 11.8 Å². The molecule has 0 bridgehead atoms. The molecule has 2 aromatic heterocycles. The van der Waals surface area contributed by atoms with Gasteiger partial charge in [-0.05, 0) is 58.0 Å². The van der Waals surface area contributed by atoms with Gasteiger partial charge in [0.05, 0.1) is 11.3 Å². The molecule has 3 heterocycles. The van der Waals surface area contributed by atoms with Crippen LogP contribution < -0.4 is 10.6 Å². The molecule has 4 rings (SSSR count). The second-order valence-corrected chi connectivity index (χ2v) is 8.36. The predicted molar refractivity (Wildman–Crippen MR) is 111 cm³/mol. The number of carbonyl (C=O) groups is 1. The summed E-state index contributed by atoms with van der Waals surface area (Å²) in [5.41, 5.74) is -1.39. The number of piperidine rings is 1. The van der Waals surface area contributed by atoms with E-state index in [-0.39, 0.29) is 11.6 Å². The molecule has 0 atom stereocenters. The van der Waals surface area contributed by atoms with Crippen molar-refractivity contribution in [2.75, 3.05) is 18.4 Å². The summed E-state index contributed by atoms with van der Waals surface area (Å²) in [6.45, 7) is 4.81. The number of oxazole rings is 1. The van der Waals surface area contributed by atoms with Crippen molar-refractivity contribution < 1.29 is 27.5 Å². The normalized spacial score (nSPS) is 15.8. The molecule has 170 valence electrons. The lowest BCUT2D eigenvalue weighted by Gasteiger charge is -2.21. The van der Waals surface area contributed by atoms with E-state index in [0.29, 0.717) is 22.6 Å². The van der Waals surface area contributed by atoms with Crippen LogP contribution in [0.2, 0.25) is 0 Å². The minimum Gasteiger partial charge on any atom is -0.440 e. The van der Waals surface area contributed by atoms with Crippen LogP contribution in [0, 0.1) is 0 Å². The molecule has 1 fully saturated rings. The number of aliphatic hydroxyl groups is 1. The molecular weight excluding hydrogens is 425 g/mol. The number of carbonyl (C=O) groups excluding carboxylic acids is 1. The Hall–Kier alpha value is -2.98. The van der Waals surface area contributed by atoms with E-state index in [2.05, 4.69) is 20.6 Å². The van der Waals surface area contributed by atoms with Gasteiger partial charge in [-0.25, -0.2) is 9.97 Å². The van der Waals surface area contributed by atoms with Crippen molar-refractivity contribution in [1.82, 2.24) is 15.3 Å². The van der Waals surface area contributed by atoms with Crippen LogP contribution >= 0.6 is 0 Å². The molecule has 1 aromatic carbocycles. The number of pyridine rings is 1. The summed E-state index contributed by atoms with van der Waals surface area (Å²) in [6, 6.07) is 6.26. The number of hydrogen-bond donors (Lipinski definition) is 3. The molecule has 3 aromatic rings. The van der Waals surface area contributed by atoms with E-state index in [0.717, 1.165) is 38.1 Å². The van der Waals surface area contributed by atoms with Crippen molar-refractivity contribution in [2.24, 2.45) is 0 Å². The molecule has 1 aliphatic heterocycles. The molecular formula is C22H23F3N4O3. The quantitative estimate of drug-likeness (QED) is 0.554. The maximum Gasteiger partial charge on any atom is 0.433 e. The number of amides is 1. The number of nitrogens with zero attached hydrogens (tertiary/aromatic N) is 2. The standard InChI is InChI=1S/C22H23F3N4O3/c1-21(2,31)13-10-16-17(32-20(29-16)12-6-8-26-9-7-12)11-15(13)28-19(30)14-4-3-5-18(27-14)22(23,24)25/h3-5,10-12,26,31H,6-9H2,1-2H3,(H,28,30). The first-order chi connectivity index (χ1) is 15.0. The number of anilines is 1.